The summed E-state index contributed by atoms with van der Waals surface area (Å²) >= 11 is 0. The summed E-state index contributed by atoms with van der Waals surface area (Å²) in [5.74, 6) is 1.31. The molecule has 1 N–H and O–H groups in total. The first kappa shape index (κ1) is 20.7. The Hall–Kier alpha value is -3.02. The van der Waals surface area contributed by atoms with E-state index in [0.29, 0.717) is 6.54 Å². The number of benzene rings is 2. The molecule has 0 radical (unpaired) electrons. The second-order valence-corrected chi connectivity index (χ2v) is 7.21. The highest BCUT2D eigenvalue weighted by atomic mass is 16.5. The minimum absolute atomic E-state index is 0.146. The van der Waals surface area contributed by atoms with Crippen LogP contribution in [-0.4, -0.2) is 37.5 Å². The van der Waals surface area contributed by atoms with Gasteiger partial charge >= 0.3 is 6.03 Å². The van der Waals surface area contributed by atoms with E-state index in [4.69, 9.17) is 9.47 Å². The molecule has 154 valence electrons. The van der Waals surface area contributed by atoms with Crippen LogP contribution in [0.5, 0.6) is 11.5 Å². The quantitative estimate of drug-likeness (QED) is 0.825. The molecule has 0 bridgehead atoms. The number of nitrogens with one attached hydrogen (secondary N) is 1. The maximum atomic E-state index is 13.1. The maximum Gasteiger partial charge on any atom is 0.318 e. The van der Waals surface area contributed by atoms with Crippen LogP contribution in [0.4, 0.5) is 4.79 Å². The number of rotatable bonds is 5. The molecule has 1 aliphatic heterocycles. The van der Waals surface area contributed by atoms with Crippen LogP contribution in [0.1, 0.15) is 43.5 Å². The van der Waals surface area contributed by atoms with Crippen molar-refractivity contribution in [2.24, 2.45) is 5.92 Å². The molecule has 2 aromatic rings. The predicted octanol–water partition coefficient (Wildman–Crippen LogP) is 4.13. The Kier molecular flexibility index (Phi) is 6.42. The van der Waals surface area contributed by atoms with Gasteiger partial charge in [-0.3, -0.25) is 4.79 Å². The van der Waals surface area contributed by atoms with Gasteiger partial charge in [-0.15, -0.1) is 0 Å². The zero-order valence-electron chi connectivity index (χ0n) is 17.3. The largest absolute Gasteiger partial charge is 0.497 e. The maximum absolute atomic E-state index is 13.1. The molecule has 0 saturated carbocycles. The molecule has 2 aromatic carbocycles. The molecule has 6 heteroatoms. The molecule has 1 heterocycles. The number of amides is 2. The second kappa shape index (κ2) is 8.99. The summed E-state index contributed by atoms with van der Waals surface area (Å²) < 4.78 is 10.5. The van der Waals surface area contributed by atoms with Crippen molar-refractivity contribution in [1.29, 1.82) is 0 Å². The van der Waals surface area contributed by atoms with Crippen LogP contribution in [-0.2, 0) is 4.79 Å². The third kappa shape index (κ3) is 4.21. The van der Waals surface area contributed by atoms with Crippen LogP contribution in [0.3, 0.4) is 0 Å². The monoisotopic (exact) mass is 396 g/mol. The minimum atomic E-state index is -0.360. The van der Waals surface area contributed by atoms with Crippen molar-refractivity contribution in [1.82, 2.24) is 10.2 Å². The fourth-order valence-corrected chi connectivity index (χ4v) is 3.95. The molecule has 1 aliphatic rings. The van der Waals surface area contributed by atoms with Crippen molar-refractivity contribution in [2.45, 2.75) is 32.4 Å². The van der Waals surface area contributed by atoms with E-state index in [0.717, 1.165) is 22.6 Å². The van der Waals surface area contributed by atoms with Crippen LogP contribution < -0.4 is 14.8 Å². The summed E-state index contributed by atoms with van der Waals surface area (Å²) in [7, 11) is 3.23. The summed E-state index contributed by atoms with van der Waals surface area (Å²) in [5, 5.41) is 2.92. The van der Waals surface area contributed by atoms with E-state index < -0.39 is 0 Å². The standard InChI is InChI=1S/C23H28N2O4/c1-5-24-23(27)25-20(16-6-10-18(28-3)11-7-16)14-21(26)15(2)22(25)17-8-12-19(29-4)13-9-17/h6-13,15,20,22H,5,14H2,1-4H3,(H,24,27)/t15-,20+,22+/m0/s1. The number of likely N-dealkylation sites (tertiary alicyclic amines) is 1. The Morgan fingerprint density at radius 2 is 1.52 bits per heavy atom. The van der Waals surface area contributed by atoms with Crippen molar-refractivity contribution in [3.05, 3.63) is 59.7 Å². The highest BCUT2D eigenvalue weighted by Crippen LogP contribution is 2.43. The number of hydrogen-bond donors (Lipinski definition) is 1. The lowest BCUT2D eigenvalue weighted by molar-refractivity contribution is -0.129. The van der Waals surface area contributed by atoms with Gasteiger partial charge in [0.1, 0.15) is 17.3 Å². The molecule has 0 aromatic heterocycles. The van der Waals surface area contributed by atoms with Crippen molar-refractivity contribution in [3.63, 3.8) is 0 Å². The molecule has 2 amide bonds. The van der Waals surface area contributed by atoms with Gasteiger partial charge in [-0.05, 0) is 42.3 Å². The zero-order chi connectivity index (χ0) is 21.0. The van der Waals surface area contributed by atoms with Crippen molar-refractivity contribution in [2.75, 3.05) is 20.8 Å². The first-order chi connectivity index (χ1) is 14.0. The van der Waals surface area contributed by atoms with Gasteiger partial charge in [0.2, 0.25) is 0 Å². The summed E-state index contributed by atoms with van der Waals surface area (Å²) in [4.78, 5) is 27.9. The number of carbonyl (C=O) groups excluding carboxylic acids is 2. The molecule has 29 heavy (non-hydrogen) atoms. The van der Waals surface area contributed by atoms with E-state index in [1.165, 1.54) is 0 Å². The molecule has 1 fully saturated rings. The highest BCUT2D eigenvalue weighted by Gasteiger charge is 2.43. The topological polar surface area (TPSA) is 67.9 Å². The Bertz CT molecular complexity index is 848. The van der Waals surface area contributed by atoms with Gasteiger partial charge < -0.3 is 19.7 Å². The molecule has 0 unspecified atom stereocenters. The number of methoxy groups -OCH3 is 2. The van der Waals surface area contributed by atoms with E-state index in [9.17, 15) is 9.59 Å². The summed E-state index contributed by atoms with van der Waals surface area (Å²) in [6, 6.07) is 14.3. The molecule has 0 aliphatic carbocycles. The Morgan fingerprint density at radius 1 is 1.00 bits per heavy atom. The molecule has 6 nitrogen and oxygen atoms in total. The number of Topliss-reactive ketones (excluding diaryl/α,β-unsaturated/α-hetero) is 1. The summed E-state index contributed by atoms with van der Waals surface area (Å²) in [6.45, 7) is 4.30. The molecular weight excluding hydrogens is 368 g/mol. The molecular formula is C23H28N2O4. The lowest BCUT2D eigenvalue weighted by Gasteiger charge is -2.45. The number of hydrogen-bond acceptors (Lipinski definition) is 4. The van der Waals surface area contributed by atoms with E-state index in [2.05, 4.69) is 5.32 Å². The first-order valence-corrected chi connectivity index (χ1v) is 9.86. The van der Waals surface area contributed by atoms with Gasteiger partial charge in [-0.25, -0.2) is 4.79 Å². The van der Waals surface area contributed by atoms with Gasteiger partial charge in [0, 0.05) is 18.9 Å². The van der Waals surface area contributed by atoms with Gasteiger partial charge in [0.15, 0.2) is 0 Å². The van der Waals surface area contributed by atoms with Gasteiger partial charge in [-0.2, -0.15) is 0 Å². The fraction of sp³-hybridized carbons (Fsp3) is 0.391. The number of piperidine rings is 1. The van der Waals surface area contributed by atoms with Crippen molar-refractivity contribution < 1.29 is 19.1 Å². The third-order valence-electron chi connectivity index (χ3n) is 5.53. The number of carbonyl (C=O) groups is 2. The van der Waals surface area contributed by atoms with Crippen LogP contribution in [0.2, 0.25) is 0 Å². The van der Waals surface area contributed by atoms with Gasteiger partial charge in [0.25, 0.3) is 0 Å². The SMILES string of the molecule is CCNC(=O)N1[C@@H](c2ccc(OC)cc2)CC(=O)[C@H](C)[C@@H]1c1ccc(OC)cc1. The lowest BCUT2D eigenvalue weighted by Crippen LogP contribution is -2.51. The van der Waals surface area contributed by atoms with Crippen molar-refractivity contribution >= 4 is 11.8 Å². The molecule has 1 saturated heterocycles. The van der Waals surface area contributed by atoms with Crippen LogP contribution in [0, 0.1) is 5.92 Å². The van der Waals surface area contributed by atoms with Crippen molar-refractivity contribution in [3.8, 4) is 11.5 Å². The Morgan fingerprint density at radius 3 is 2.00 bits per heavy atom. The smallest absolute Gasteiger partial charge is 0.318 e. The Balaban J connectivity index is 2.06. The van der Waals surface area contributed by atoms with E-state index in [-0.39, 0.29) is 36.2 Å². The van der Waals surface area contributed by atoms with Gasteiger partial charge in [-0.1, -0.05) is 31.2 Å². The second-order valence-electron chi connectivity index (χ2n) is 7.21. The number of ether oxygens (including phenoxy) is 2. The van der Waals surface area contributed by atoms with E-state index in [1.807, 2.05) is 67.3 Å². The van der Waals surface area contributed by atoms with E-state index in [1.54, 1.807) is 14.2 Å². The number of urea groups is 1. The number of nitrogens with zero attached hydrogens (tertiary/aromatic N) is 1. The lowest BCUT2D eigenvalue weighted by atomic mass is 9.80. The minimum Gasteiger partial charge on any atom is -0.497 e. The molecule has 3 rings (SSSR count). The van der Waals surface area contributed by atoms with Crippen LogP contribution >= 0.6 is 0 Å². The van der Waals surface area contributed by atoms with E-state index >= 15 is 0 Å². The molecule has 3 atom stereocenters. The predicted molar refractivity (Wildman–Crippen MR) is 111 cm³/mol. The highest BCUT2D eigenvalue weighted by molar-refractivity contribution is 5.86. The third-order valence-corrected chi connectivity index (χ3v) is 5.53. The first-order valence-electron chi connectivity index (χ1n) is 9.86. The average molecular weight is 396 g/mol. The summed E-state index contributed by atoms with van der Waals surface area (Å²) in [6.07, 6.45) is 0.289. The fourth-order valence-electron chi connectivity index (χ4n) is 3.95. The zero-order valence-corrected chi connectivity index (χ0v) is 17.3. The van der Waals surface area contributed by atoms with Crippen LogP contribution in [0.15, 0.2) is 48.5 Å². The average Bonchev–Trinajstić information content (AvgIpc) is 2.75. The van der Waals surface area contributed by atoms with Gasteiger partial charge in [0.05, 0.1) is 26.3 Å². The summed E-state index contributed by atoms with van der Waals surface area (Å²) in [5.41, 5.74) is 1.83. The number of ketones is 1. The van der Waals surface area contributed by atoms with Crippen LogP contribution in [0.25, 0.3) is 0 Å². The normalized spacial score (nSPS) is 21.6. The Labute approximate surface area is 171 Å². The molecule has 0 spiro atoms.